The zero-order chi connectivity index (χ0) is 17.6. The molecule has 0 aliphatic rings. The number of benzene rings is 1. The Morgan fingerprint density at radius 3 is 2.96 bits per heavy atom. The number of hydrogen-bond donors (Lipinski definition) is 1. The van der Waals surface area contributed by atoms with Crippen LogP contribution in [0.25, 0.3) is 22.6 Å². The Morgan fingerprint density at radius 2 is 2.20 bits per heavy atom. The van der Waals surface area contributed by atoms with Gasteiger partial charge in [-0.05, 0) is 24.3 Å². The maximum absolute atomic E-state index is 11.2. The van der Waals surface area contributed by atoms with Crippen LogP contribution in [0.2, 0.25) is 0 Å². The van der Waals surface area contributed by atoms with Crippen LogP contribution in [0.15, 0.2) is 49.2 Å². The molecule has 0 fully saturated rings. The van der Waals surface area contributed by atoms with E-state index in [2.05, 4.69) is 26.3 Å². The molecule has 1 aromatic carbocycles. The summed E-state index contributed by atoms with van der Waals surface area (Å²) in [6.07, 6.45) is 3.33. The predicted octanol–water partition coefficient (Wildman–Crippen LogP) is 2.74. The van der Waals surface area contributed by atoms with Crippen molar-refractivity contribution < 1.29 is 19.0 Å². The normalized spacial score (nSPS) is 10.4. The number of H-pyrrole nitrogens is 1. The molecule has 7 nitrogen and oxygen atoms in total. The third kappa shape index (κ3) is 3.77. The Labute approximate surface area is 144 Å². The number of nitrogens with zero attached hydrogens (tertiary/aromatic N) is 2. The first-order valence-corrected chi connectivity index (χ1v) is 7.59. The highest BCUT2D eigenvalue weighted by molar-refractivity contribution is 5.78. The minimum Gasteiger partial charge on any atom is -0.489 e. The quantitative estimate of drug-likeness (QED) is 0.526. The predicted molar refractivity (Wildman–Crippen MR) is 92.5 cm³/mol. The Hall–Kier alpha value is -3.35. The molecule has 3 rings (SSSR count). The van der Waals surface area contributed by atoms with Crippen molar-refractivity contribution in [2.75, 3.05) is 20.3 Å². The monoisotopic (exact) mass is 339 g/mol. The molecule has 7 heteroatoms. The highest BCUT2D eigenvalue weighted by Crippen LogP contribution is 2.33. The molecular formula is C18H17N3O4. The number of hydrogen-bond acceptors (Lipinski definition) is 6. The number of carbonyl (C=O) groups is 1. The molecule has 3 aromatic rings. The summed E-state index contributed by atoms with van der Waals surface area (Å²) in [7, 11) is 1.31. The average molecular weight is 339 g/mol. The Balaban J connectivity index is 1.93. The lowest BCUT2D eigenvalue weighted by atomic mass is 10.2. The van der Waals surface area contributed by atoms with Gasteiger partial charge < -0.3 is 19.2 Å². The van der Waals surface area contributed by atoms with Crippen LogP contribution in [0.4, 0.5) is 0 Å². The minimum atomic E-state index is -0.457. The van der Waals surface area contributed by atoms with Gasteiger partial charge in [-0.15, -0.1) is 0 Å². The van der Waals surface area contributed by atoms with E-state index in [4.69, 9.17) is 9.47 Å². The first-order valence-electron chi connectivity index (χ1n) is 7.59. The van der Waals surface area contributed by atoms with Crippen molar-refractivity contribution in [2.45, 2.75) is 0 Å². The highest BCUT2D eigenvalue weighted by atomic mass is 16.6. The van der Waals surface area contributed by atoms with Gasteiger partial charge in [-0.3, -0.25) is 0 Å². The maximum atomic E-state index is 11.2. The van der Waals surface area contributed by atoms with Crippen LogP contribution in [0.3, 0.4) is 0 Å². The second-order valence-corrected chi connectivity index (χ2v) is 5.08. The maximum Gasteiger partial charge on any atom is 0.343 e. The van der Waals surface area contributed by atoms with Gasteiger partial charge in [0, 0.05) is 12.3 Å². The van der Waals surface area contributed by atoms with Crippen molar-refractivity contribution in [3.8, 4) is 22.9 Å². The molecule has 25 heavy (non-hydrogen) atoms. The number of esters is 1. The first-order chi connectivity index (χ1) is 12.2. The molecule has 128 valence electrons. The van der Waals surface area contributed by atoms with E-state index in [0.29, 0.717) is 29.6 Å². The van der Waals surface area contributed by atoms with Gasteiger partial charge in [-0.2, -0.15) is 0 Å². The number of nitrogens with one attached hydrogen (secondary N) is 1. The molecule has 0 saturated heterocycles. The topological polar surface area (TPSA) is 86.3 Å². The zero-order valence-corrected chi connectivity index (χ0v) is 13.7. The lowest BCUT2D eigenvalue weighted by Gasteiger charge is -2.11. The van der Waals surface area contributed by atoms with E-state index < -0.39 is 5.97 Å². The molecule has 2 heterocycles. The van der Waals surface area contributed by atoms with E-state index in [1.165, 1.54) is 7.11 Å². The molecular weight excluding hydrogens is 322 g/mol. The standard InChI is InChI=1S/C18H17N3O4/c1-3-9-24-15-10-12(25-11-16(22)23-2)6-7-13(15)17-20-14-5-4-8-19-18(14)21-17/h3-8,10H,1,9,11H2,2H3,(H,19,20,21). The molecule has 0 amide bonds. The van der Waals surface area contributed by atoms with E-state index in [1.54, 1.807) is 24.4 Å². The van der Waals surface area contributed by atoms with Crippen molar-refractivity contribution in [2.24, 2.45) is 0 Å². The van der Waals surface area contributed by atoms with Crippen LogP contribution in [-0.4, -0.2) is 41.2 Å². The van der Waals surface area contributed by atoms with E-state index >= 15 is 0 Å². The van der Waals surface area contributed by atoms with Gasteiger partial charge >= 0.3 is 5.97 Å². The molecule has 2 aromatic heterocycles. The second-order valence-electron chi connectivity index (χ2n) is 5.08. The fourth-order valence-corrected chi connectivity index (χ4v) is 2.23. The first kappa shape index (κ1) is 16.5. The SMILES string of the molecule is C=CCOc1cc(OCC(=O)OC)ccc1-c1nc2ncccc2[nH]1. The van der Waals surface area contributed by atoms with Crippen LogP contribution in [0.5, 0.6) is 11.5 Å². The number of aromatic nitrogens is 3. The number of aromatic amines is 1. The molecule has 0 atom stereocenters. The number of carbonyl (C=O) groups excluding carboxylic acids is 1. The van der Waals surface area contributed by atoms with Crippen LogP contribution < -0.4 is 9.47 Å². The van der Waals surface area contributed by atoms with Gasteiger partial charge in [-0.25, -0.2) is 14.8 Å². The molecule has 0 radical (unpaired) electrons. The number of rotatable bonds is 7. The van der Waals surface area contributed by atoms with Gasteiger partial charge in [0.1, 0.15) is 23.9 Å². The third-order valence-electron chi connectivity index (χ3n) is 3.41. The molecule has 0 aliphatic heterocycles. The number of fused-ring (bicyclic) bond motifs is 1. The summed E-state index contributed by atoms with van der Waals surface area (Å²) >= 11 is 0. The Bertz CT molecular complexity index is 871. The number of imidazole rings is 1. The van der Waals surface area contributed by atoms with Crippen molar-refractivity contribution in [3.63, 3.8) is 0 Å². The number of pyridine rings is 1. The fourth-order valence-electron chi connectivity index (χ4n) is 2.23. The fraction of sp³-hybridized carbons (Fsp3) is 0.167. The van der Waals surface area contributed by atoms with Crippen molar-refractivity contribution in [3.05, 3.63) is 49.2 Å². The molecule has 0 spiro atoms. The Kier molecular flexibility index (Phi) is 4.94. The summed E-state index contributed by atoms with van der Waals surface area (Å²) < 4.78 is 15.7. The van der Waals surface area contributed by atoms with Crippen LogP contribution in [-0.2, 0) is 9.53 Å². The largest absolute Gasteiger partial charge is 0.489 e. The summed E-state index contributed by atoms with van der Waals surface area (Å²) in [6, 6.07) is 8.98. The van der Waals surface area contributed by atoms with Crippen LogP contribution in [0.1, 0.15) is 0 Å². The number of methoxy groups -OCH3 is 1. The average Bonchev–Trinajstić information content (AvgIpc) is 3.08. The summed E-state index contributed by atoms with van der Waals surface area (Å²) in [5, 5.41) is 0. The summed E-state index contributed by atoms with van der Waals surface area (Å²) in [6.45, 7) is 3.81. The highest BCUT2D eigenvalue weighted by Gasteiger charge is 2.13. The lowest BCUT2D eigenvalue weighted by molar-refractivity contribution is -0.142. The summed E-state index contributed by atoms with van der Waals surface area (Å²) in [4.78, 5) is 23.1. The van der Waals surface area contributed by atoms with Crippen molar-refractivity contribution >= 4 is 17.1 Å². The van der Waals surface area contributed by atoms with Gasteiger partial charge in [0.25, 0.3) is 0 Å². The van der Waals surface area contributed by atoms with Gasteiger partial charge in [0.15, 0.2) is 12.3 Å². The van der Waals surface area contributed by atoms with Gasteiger partial charge in [0.05, 0.1) is 18.2 Å². The molecule has 0 unspecified atom stereocenters. The van der Waals surface area contributed by atoms with Gasteiger partial charge in [-0.1, -0.05) is 12.7 Å². The van der Waals surface area contributed by atoms with Crippen LogP contribution in [0, 0.1) is 0 Å². The van der Waals surface area contributed by atoms with Gasteiger partial charge in [0.2, 0.25) is 0 Å². The van der Waals surface area contributed by atoms with Crippen molar-refractivity contribution in [1.29, 1.82) is 0 Å². The zero-order valence-electron chi connectivity index (χ0n) is 13.7. The van der Waals surface area contributed by atoms with Crippen LogP contribution >= 0.6 is 0 Å². The molecule has 0 aliphatic carbocycles. The minimum absolute atomic E-state index is 0.175. The second kappa shape index (κ2) is 7.48. The lowest BCUT2D eigenvalue weighted by Crippen LogP contribution is -2.12. The van der Waals surface area contributed by atoms with Crippen molar-refractivity contribution in [1.82, 2.24) is 15.0 Å². The molecule has 1 N–H and O–H groups in total. The molecule has 0 bridgehead atoms. The smallest absolute Gasteiger partial charge is 0.343 e. The van der Waals surface area contributed by atoms with E-state index in [0.717, 1.165) is 11.1 Å². The third-order valence-corrected chi connectivity index (χ3v) is 3.41. The summed E-state index contributed by atoms with van der Waals surface area (Å²) in [5.41, 5.74) is 2.21. The summed E-state index contributed by atoms with van der Waals surface area (Å²) in [5.74, 6) is 1.22. The van der Waals surface area contributed by atoms with E-state index in [9.17, 15) is 4.79 Å². The van der Waals surface area contributed by atoms with E-state index in [1.807, 2.05) is 18.2 Å². The Morgan fingerprint density at radius 1 is 1.32 bits per heavy atom. The molecule has 0 saturated carbocycles. The number of ether oxygens (including phenoxy) is 3. The van der Waals surface area contributed by atoms with E-state index in [-0.39, 0.29) is 6.61 Å².